The molecule has 0 spiro atoms. The number of benzene rings is 1. The van der Waals surface area contributed by atoms with Gasteiger partial charge in [0.2, 0.25) is 5.91 Å². The van der Waals surface area contributed by atoms with Gasteiger partial charge in [-0.15, -0.1) is 0 Å². The van der Waals surface area contributed by atoms with E-state index in [0.717, 1.165) is 16.0 Å². The Hall–Kier alpha value is -3.55. The monoisotopic (exact) mass is 396 g/mol. The van der Waals surface area contributed by atoms with Crippen LogP contribution in [0.4, 0.5) is 11.4 Å². The summed E-state index contributed by atoms with van der Waals surface area (Å²) >= 11 is 0. The van der Waals surface area contributed by atoms with Crippen molar-refractivity contribution in [3.63, 3.8) is 0 Å². The van der Waals surface area contributed by atoms with Gasteiger partial charge in [0.25, 0.3) is 5.56 Å². The van der Waals surface area contributed by atoms with Crippen LogP contribution >= 0.6 is 0 Å². The summed E-state index contributed by atoms with van der Waals surface area (Å²) < 4.78 is 12.0. The summed E-state index contributed by atoms with van der Waals surface area (Å²) in [5, 5.41) is 7.14. The highest BCUT2D eigenvalue weighted by atomic mass is 16.5. The highest BCUT2D eigenvalue weighted by Crippen LogP contribution is 2.25. The number of carbonyl (C=O) groups excluding carboxylic acids is 1. The number of hydrogen-bond donors (Lipinski definition) is 2. The molecule has 0 aliphatic carbocycles. The number of carbonyl (C=O) groups is 1. The molecule has 3 rings (SSSR count). The normalized spacial score (nSPS) is 11.9. The number of hydrogen-bond acceptors (Lipinski definition) is 6. The lowest BCUT2D eigenvalue weighted by molar-refractivity contribution is -0.119. The maximum absolute atomic E-state index is 12.7. The molecular formula is C21H24N4O4. The summed E-state index contributed by atoms with van der Waals surface area (Å²) in [5.74, 6) is 1.70. The molecular weight excluding hydrogens is 372 g/mol. The second kappa shape index (κ2) is 8.22. The van der Waals surface area contributed by atoms with Crippen molar-refractivity contribution in [3.05, 3.63) is 58.3 Å². The number of aromatic nitrogens is 2. The lowest BCUT2D eigenvalue weighted by atomic mass is 10.1. The van der Waals surface area contributed by atoms with E-state index in [1.165, 1.54) is 6.07 Å². The summed E-state index contributed by atoms with van der Waals surface area (Å²) in [6, 6.07) is 9.42. The van der Waals surface area contributed by atoms with Crippen LogP contribution in [-0.4, -0.2) is 22.3 Å². The van der Waals surface area contributed by atoms with Gasteiger partial charge in [-0.1, -0.05) is 0 Å². The number of nitrogens with two attached hydrogens (primary N) is 1. The van der Waals surface area contributed by atoms with E-state index in [-0.39, 0.29) is 11.6 Å². The Labute approximate surface area is 168 Å². The summed E-state index contributed by atoms with van der Waals surface area (Å²) in [7, 11) is 0. The van der Waals surface area contributed by atoms with E-state index in [2.05, 4.69) is 10.4 Å². The molecule has 152 valence electrons. The van der Waals surface area contributed by atoms with E-state index in [1.54, 1.807) is 38.1 Å². The van der Waals surface area contributed by atoms with Crippen LogP contribution in [0.2, 0.25) is 0 Å². The van der Waals surface area contributed by atoms with Crippen molar-refractivity contribution in [1.29, 1.82) is 0 Å². The molecule has 2 aromatic heterocycles. The molecule has 0 unspecified atom stereocenters. The standard InChI is InChI=1S/C21H24N4O4/c1-5-28-16-8-6-15(7-9-16)23-20(26)13(3)25-21(27)18(22)11-19(24-25)17-10-12(2)29-14(17)4/h6-11,13H,5,22H2,1-4H3,(H,23,26)/t13-/m0/s1. The number of anilines is 2. The van der Waals surface area contributed by atoms with Crippen molar-refractivity contribution < 1.29 is 13.9 Å². The van der Waals surface area contributed by atoms with Gasteiger partial charge in [-0.25, -0.2) is 4.68 Å². The van der Waals surface area contributed by atoms with Gasteiger partial charge in [-0.05, 0) is 64.1 Å². The molecule has 0 aliphatic rings. The van der Waals surface area contributed by atoms with E-state index in [1.807, 2.05) is 19.9 Å². The van der Waals surface area contributed by atoms with Crippen LogP contribution in [0.15, 0.2) is 45.6 Å². The number of amides is 1. The Morgan fingerprint density at radius 1 is 1.28 bits per heavy atom. The van der Waals surface area contributed by atoms with Crippen LogP contribution in [0.1, 0.15) is 31.4 Å². The predicted octanol–water partition coefficient (Wildman–Crippen LogP) is 3.30. The topological polar surface area (TPSA) is 112 Å². The van der Waals surface area contributed by atoms with E-state index in [4.69, 9.17) is 14.9 Å². The zero-order valence-corrected chi connectivity index (χ0v) is 16.9. The Kier molecular flexibility index (Phi) is 5.72. The van der Waals surface area contributed by atoms with Crippen molar-refractivity contribution in [3.8, 4) is 17.0 Å². The molecule has 0 saturated heterocycles. The second-order valence-electron chi connectivity index (χ2n) is 6.68. The SMILES string of the molecule is CCOc1ccc(NC(=O)[C@H](C)n2nc(-c3cc(C)oc3C)cc(N)c2=O)cc1. The molecule has 0 radical (unpaired) electrons. The Balaban J connectivity index is 1.87. The maximum Gasteiger partial charge on any atom is 0.290 e. The van der Waals surface area contributed by atoms with Crippen LogP contribution in [-0.2, 0) is 4.79 Å². The Morgan fingerprint density at radius 2 is 1.97 bits per heavy atom. The molecule has 8 nitrogen and oxygen atoms in total. The third-order valence-electron chi connectivity index (χ3n) is 4.46. The number of aryl methyl sites for hydroxylation is 2. The number of rotatable bonds is 6. The molecule has 0 bridgehead atoms. The largest absolute Gasteiger partial charge is 0.494 e. The van der Waals surface area contributed by atoms with E-state index in [9.17, 15) is 9.59 Å². The van der Waals surface area contributed by atoms with E-state index in [0.29, 0.717) is 29.5 Å². The molecule has 0 fully saturated rings. The highest BCUT2D eigenvalue weighted by molar-refractivity contribution is 5.93. The average molecular weight is 396 g/mol. The first kappa shape index (κ1) is 20.2. The van der Waals surface area contributed by atoms with Crippen molar-refractivity contribution in [2.75, 3.05) is 17.7 Å². The maximum atomic E-state index is 12.7. The molecule has 29 heavy (non-hydrogen) atoms. The van der Waals surface area contributed by atoms with Gasteiger partial charge >= 0.3 is 0 Å². The highest BCUT2D eigenvalue weighted by Gasteiger charge is 2.21. The molecule has 3 aromatic rings. The Bertz CT molecular complexity index is 1080. The van der Waals surface area contributed by atoms with Crippen molar-refractivity contribution in [2.24, 2.45) is 0 Å². The lowest BCUT2D eigenvalue weighted by Gasteiger charge is -2.16. The van der Waals surface area contributed by atoms with Crippen LogP contribution in [0.25, 0.3) is 11.3 Å². The lowest BCUT2D eigenvalue weighted by Crippen LogP contribution is -2.34. The third kappa shape index (κ3) is 4.31. The molecule has 0 aliphatic heterocycles. The van der Waals surface area contributed by atoms with Crippen molar-refractivity contribution in [1.82, 2.24) is 9.78 Å². The van der Waals surface area contributed by atoms with Gasteiger partial charge in [0.1, 0.15) is 29.0 Å². The minimum atomic E-state index is -0.871. The number of nitrogen functional groups attached to an aromatic ring is 1. The predicted molar refractivity (Wildman–Crippen MR) is 111 cm³/mol. The van der Waals surface area contributed by atoms with Gasteiger partial charge in [-0.2, -0.15) is 5.10 Å². The van der Waals surface area contributed by atoms with Crippen molar-refractivity contribution in [2.45, 2.75) is 33.7 Å². The summed E-state index contributed by atoms with van der Waals surface area (Å²) in [4.78, 5) is 25.2. The Morgan fingerprint density at radius 3 is 2.55 bits per heavy atom. The average Bonchev–Trinajstić information content (AvgIpc) is 3.03. The van der Waals surface area contributed by atoms with Crippen molar-refractivity contribution >= 4 is 17.3 Å². The summed E-state index contributed by atoms with van der Waals surface area (Å²) in [6.07, 6.45) is 0. The number of nitrogens with zero attached hydrogens (tertiary/aromatic N) is 2. The molecule has 3 N–H and O–H groups in total. The number of furan rings is 1. The first-order chi connectivity index (χ1) is 13.8. The number of nitrogens with one attached hydrogen (secondary N) is 1. The van der Waals surface area contributed by atoms with Crippen LogP contribution in [0, 0.1) is 13.8 Å². The zero-order chi connectivity index (χ0) is 21.1. The first-order valence-corrected chi connectivity index (χ1v) is 9.30. The molecule has 8 heteroatoms. The van der Waals surface area contributed by atoms with Gasteiger partial charge in [0.15, 0.2) is 0 Å². The molecule has 1 aromatic carbocycles. The van der Waals surface area contributed by atoms with E-state index < -0.39 is 11.6 Å². The van der Waals surface area contributed by atoms with Gasteiger partial charge in [-0.3, -0.25) is 9.59 Å². The molecule has 1 atom stereocenters. The summed E-state index contributed by atoms with van der Waals surface area (Å²) in [6.45, 7) is 7.68. The minimum absolute atomic E-state index is 0.00831. The summed E-state index contributed by atoms with van der Waals surface area (Å²) in [5.41, 5.74) is 7.16. The molecule has 0 saturated carbocycles. The van der Waals surface area contributed by atoms with Gasteiger partial charge in [0, 0.05) is 11.3 Å². The second-order valence-corrected chi connectivity index (χ2v) is 6.68. The van der Waals surface area contributed by atoms with E-state index >= 15 is 0 Å². The van der Waals surface area contributed by atoms with Crippen LogP contribution < -0.4 is 21.3 Å². The number of ether oxygens (including phenoxy) is 1. The van der Waals surface area contributed by atoms with Crippen LogP contribution in [0.3, 0.4) is 0 Å². The fraction of sp³-hybridized carbons (Fsp3) is 0.286. The third-order valence-corrected chi connectivity index (χ3v) is 4.46. The fourth-order valence-electron chi connectivity index (χ4n) is 2.97. The zero-order valence-electron chi connectivity index (χ0n) is 16.9. The van der Waals surface area contributed by atoms with Gasteiger partial charge in [0.05, 0.1) is 12.3 Å². The fourth-order valence-corrected chi connectivity index (χ4v) is 2.97. The molecule has 2 heterocycles. The first-order valence-electron chi connectivity index (χ1n) is 9.30. The minimum Gasteiger partial charge on any atom is -0.494 e. The van der Waals surface area contributed by atoms with Gasteiger partial charge < -0.3 is 20.2 Å². The quantitative estimate of drug-likeness (QED) is 0.661. The smallest absolute Gasteiger partial charge is 0.290 e. The van der Waals surface area contributed by atoms with Crippen LogP contribution in [0.5, 0.6) is 5.75 Å². The molecule has 1 amide bonds.